The smallest absolute Gasteiger partial charge is 0.322 e. The zero-order valence-corrected chi connectivity index (χ0v) is 10.2. The predicted molar refractivity (Wildman–Crippen MR) is 57.5 cm³/mol. The molecule has 0 amide bonds. The number of hydrogen-bond acceptors (Lipinski definition) is 5. The summed E-state index contributed by atoms with van der Waals surface area (Å²) in [6.45, 7) is 1.65. The molecule has 7 heteroatoms. The van der Waals surface area contributed by atoms with Crippen LogP contribution < -0.4 is 10.4 Å². The van der Waals surface area contributed by atoms with Gasteiger partial charge in [0, 0.05) is 12.5 Å². The van der Waals surface area contributed by atoms with Crippen LogP contribution >= 0.6 is 0 Å². The highest BCUT2D eigenvalue weighted by Crippen LogP contribution is 2.10. The summed E-state index contributed by atoms with van der Waals surface area (Å²) < 4.78 is 28.7. The molecule has 5 nitrogen and oxygen atoms in total. The molecular weight excluding hydrogens is 248 g/mol. The van der Waals surface area contributed by atoms with Crippen molar-refractivity contribution >= 4 is 11.9 Å². The first-order chi connectivity index (χ1) is 8.40. The van der Waals surface area contributed by atoms with Crippen LogP contribution in [0.25, 0.3) is 0 Å². The third-order valence-corrected chi connectivity index (χ3v) is 2.31. The molecule has 0 aliphatic heterocycles. The summed E-state index contributed by atoms with van der Waals surface area (Å²) in [7, 11) is 1.21. The number of carboxylic acid groups (broad SMARTS) is 1. The van der Waals surface area contributed by atoms with Gasteiger partial charge in [-0.1, -0.05) is 6.92 Å². The third-order valence-electron chi connectivity index (χ3n) is 2.31. The van der Waals surface area contributed by atoms with Gasteiger partial charge in [0.05, 0.1) is 7.11 Å². The topological polar surface area (TPSA) is 78.5 Å². The Morgan fingerprint density at radius 2 is 2.06 bits per heavy atom. The number of halogens is 2. The highest BCUT2D eigenvalue weighted by Gasteiger charge is 2.18. The fourth-order valence-corrected chi connectivity index (χ4v) is 1.41. The molecule has 104 valence electrons. The van der Waals surface area contributed by atoms with E-state index in [4.69, 9.17) is 0 Å². The number of hydrogen-bond donors (Lipinski definition) is 1. The van der Waals surface area contributed by atoms with Crippen LogP contribution in [0.15, 0.2) is 12.2 Å². The van der Waals surface area contributed by atoms with E-state index in [9.17, 15) is 23.5 Å². The zero-order chi connectivity index (χ0) is 14.1. The summed E-state index contributed by atoms with van der Waals surface area (Å²) in [4.78, 5) is 21.6. The second kappa shape index (κ2) is 8.57. The summed E-state index contributed by atoms with van der Waals surface area (Å²) in [6, 6.07) is -0.643. The molecule has 0 radical (unpaired) electrons. The molecule has 0 aromatic rings. The van der Waals surface area contributed by atoms with Crippen molar-refractivity contribution in [2.24, 2.45) is 5.92 Å². The molecule has 0 spiro atoms. The van der Waals surface area contributed by atoms with Crippen LogP contribution in [0.5, 0.6) is 0 Å². The molecule has 0 heterocycles. The second-order valence-electron chi connectivity index (χ2n) is 3.68. The molecular formula is C11H16F2NO4-. The first kappa shape index (κ1) is 16.5. The van der Waals surface area contributed by atoms with Gasteiger partial charge in [-0.2, -0.15) is 8.78 Å². The van der Waals surface area contributed by atoms with Crippen LogP contribution in [-0.4, -0.2) is 31.6 Å². The SMILES string of the molecule is CC[C@H](NC[C@H](C=C(F)F)CC(=O)[O-])C(=O)OC. The van der Waals surface area contributed by atoms with Crippen molar-refractivity contribution in [2.75, 3.05) is 13.7 Å². The van der Waals surface area contributed by atoms with Crippen molar-refractivity contribution in [1.82, 2.24) is 5.32 Å². The molecule has 1 N–H and O–H groups in total. The molecule has 0 aromatic carbocycles. The van der Waals surface area contributed by atoms with Crippen LogP contribution in [0.3, 0.4) is 0 Å². The lowest BCUT2D eigenvalue weighted by atomic mass is 10.0. The second-order valence-corrected chi connectivity index (χ2v) is 3.68. The lowest BCUT2D eigenvalue weighted by Gasteiger charge is -2.18. The summed E-state index contributed by atoms with van der Waals surface area (Å²) >= 11 is 0. The summed E-state index contributed by atoms with van der Waals surface area (Å²) in [5.41, 5.74) is 0. The number of carbonyl (C=O) groups excluding carboxylic acids is 2. The molecule has 0 rings (SSSR count). The Kier molecular flexibility index (Phi) is 7.86. The quantitative estimate of drug-likeness (QED) is 0.627. The monoisotopic (exact) mass is 264 g/mol. The maximum absolute atomic E-state index is 12.1. The average Bonchev–Trinajstić information content (AvgIpc) is 2.27. The molecule has 0 saturated heterocycles. The Morgan fingerprint density at radius 3 is 2.44 bits per heavy atom. The number of carboxylic acids is 1. The normalized spacial score (nSPS) is 13.6. The first-order valence-corrected chi connectivity index (χ1v) is 5.44. The maximum atomic E-state index is 12.1. The number of methoxy groups -OCH3 is 1. The molecule has 18 heavy (non-hydrogen) atoms. The molecule has 0 aromatic heterocycles. The number of ether oxygens (including phenoxy) is 1. The fraction of sp³-hybridized carbons (Fsp3) is 0.636. The predicted octanol–water partition coefficient (Wildman–Crippen LogP) is 0.0642. The van der Waals surface area contributed by atoms with Crippen LogP contribution in [0, 0.1) is 5.92 Å². The number of nitrogens with one attached hydrogen (secondary N) is 1. The van der Waals surface area contributed by atoms with Gasteiger partial charge in [-0.3, -0.25) is 4.79 Å². The van der Waals surface area contributed by atoms with Crippen LogP contribution in [-0.2, 0) is 14.3 Å². The van der Waals surface area contributed by atoms with Gasteiger partial charge in [-0.25, -0.2) is 0 Å². The van der Waals surface area contributed by atoms with E-state index in [0.717, 1.165) is 0 Å². The van der Waals surface area contributed by atoms with Gasteiger partial charge >= 0.3 is 5.97 Å². The van der Waals surface area contributed by atoms with E-state index in [1.54, 1.807) is 6.92 Å². The average molecular weight is 264 g/mol. The highest BCUT2D eigenvalue weighted by atomic mass is 19.3. The summed E-state index contributed by atoms with van der Waals surface area (Å²) in [5, 5.41) is 13.1. The number of esters is 1. The van der Waals surface area contributed by atoms with E-state index in [-0.39, 0.29) is 6.54 Å². The van der Waals surface area contributed by atoms with Crippen molar-refractivity contribution < 1.29 is 28.2 Å². The van der Waals surface area contributed by atoms with Crippen molar-refractivity contribution in [2.45, 2.75) is 25.8 Å². The van der Waals surface area contributed by atoms with Gasteiger partial charge in [0.15, 0.2) is 0 Å². The van der Waals surface area contributed by atoms with E-state index in [1.807, 2.05) is 0 Å². The van der Waals surface area contributed by atoms with E-state index in [1.165, 1.54) is 7.11 Å². The molecule has 0 aliphatic rings. The molecule has 2 atom stereocenters. The summed E-state index contributed by atoms with van der Waals surface area (Å²) in [5.74, 6) is -2.88. The van der Waals surface area contributed by atoms with Crippen LogP contribution in [0.2, 0.25) is 0 Å². The van der Waals surface area contributed by atoms with Gasteiger partial charge in [-0.15, -0.1) is 0 Å². The molecule has 0 fully saturated rings. The Balaban J connectivity index is 4.44. The Hall–Kier alpha value is -1.50. The molecule has 0 bridgehead atoms. The van der Waals surface area contributed by atoms with E-state index < -0.39 is 36.4 Å². The minimum atomic E-state index is -1.96. The summed E-state index contributed by atoms with van der Waals surface area (Å²) in [6.07, 6.45) is -1.56. The molecule has 0 unspecified atom stereocenters. The minimum absolute atomic E-state index is 0.0705. The molecule has 0 saturated carbocycles. The van der Waals surface area contributed by atoms with Gasteiger partial charge in [0.25, 0.3) is 6.08 Å². The highest BCUT2D eigenvalue weighted by molar-refractivity contribution is 5.75. The Morgan fingerprint density at radius 1 is 1.44 bits per heavy atom. The van der Waals surface area contributed by atoms with E-state index >= 15 is 0 Å². The zero-order valence-electron chi connectivity index (χ0n) is 10.2. The van der Waals surface area contributed by atoms with Gasteiger partial charge in [-0.05, 0) is 24.8 Å². The Bertz CT molecular complexity index is 316. The number of carbonyl (C=O) groups is 2. The van der Waals surface area contributed by atoms with Crippen molar-refractivity contribution in [3.8, 4) is 0 Å². The Labute approximate surface area is 104 Å². The molecule has 0 aliphatic carbocycles. The lowest BCUT2D eigenvalue weighted by molar-refractivity contribution is -0.306. The van der Waals surface area contributed by atoms with Gasteiger partial charge in [0.1, 0.15) is 6.04 Å². The lowest BCUT2D eigenvalue weighted by Crippen LogP contribution is -2.40. The number of rotatable bonds is 8. The largest absolute Gasteiger partial charge is 0.550 e. The number of aliphatic carboxylic acids is 1. The van der Waals surface area contributed by atoms with Crippen LogP contribution in [0.4, 0.5) is 8.78 Å². The van der Waals surface area contributed by atoms with Crippen molar-refractivity contribution in [1.29, 1.82) is 0 Å². The maximum Gasteiger partial charge on any atom is 0.322 e. The van der Waals surface area contributed by atoms with Crippen LogP contribution in [0.1, 0.15) is 19.8 Å². The fourth-order valence-electron chi connectivity index (χ4n) is 1.41. The minimum Gasteiger partial charge on any atom is -0.550 e. The standard InChI is InChI=1S/C11H17F2NO4/c1-3-8(11(17)18-2)14-6-7(4-9(12)13)5-10(15)16/h4,7-8,14H,3,5-6H2,1-2H3,(H,15,16)/p-1/t7-,8+/m1/s1. The first-order valence-electron chi connectivity index (χ1n) is 5.44. The van der Waals surface area contributed by atoms with Gasteiger partial charge in [0.2, 0.25) is 0 Å². The third kappa shape index (κ3) is 6.95. The van der Waals surface area contributed by atoms with Crippen molar-refractivity contribution in [3.05, 3.63) is 12.2 Å². The van der Waals surface area contributed by atoms with E-state index in [0.29, 0.717) is 12.5 Å². The van der Waals surface area contributed by atoms with Gasteiger partial charge < -0.3 is 20.0 Å². The van der Waals surface area contributed by atoms with Crippen molar-refractivity contribution in [3.63, 3.8) is 0 Å². The van der Waals surface area contributed by atoms with E-state index in [2.05, 4.69) is 10.1 Å².